The average molecular weight is 197 g/mol. The molecule has 13 heavy (non-hydrogen) atoms. The van der Waals surface area contributed by atoms with E-state index in [1.165, 1.54) is 24.2 Å². The molecule has 0 aliphatic rings. The summed E-state index contributed by atoms with van der Waals surface area (Å²) in [6, 6.07) is 8.19. The lowest BCUT2D eigenvalue weighted by Crippen LogP contribution is -1.95. The van der Waals surface area contributed by atoms with Crippen molar-refractivity contribution in [3.05, 3.63) is 29.8 Å². The Bertz CT molecular complexity index is 252. The van der Waals surface area contributed by atoms with Gasteiger partial charge >= 0.3 is 0 Å². The third-order valence-corrected chi connectivity index (χ3v) is 2.10. The van der Waals surface area contributed by atoms with Gasteiger partial charge in [-0.25, -0.2) is 4.72 Å². The summed E-state index contributed by atoms with van der Waals surface area (Å²) in [5.41, 5.74) is 1.33. The lowest BCUT2D eigenvalue weighted by atomic mass is 10.1. The van der Waals surface area contributed by atoms with Gasteiger partial charge in [-0.05, 0) is 31.2 Å². The van der Waals surface area contributed by atoms with Crippen molar-refractivity contribution in [2.75, 3.05) is 7.05 Å². The molecule has 0 aliphatic carbocycles. The van der Waals surface area contributed by atoms with Crippen molar-refractivity contribution in [3.63, 3.8) is 0 Å². The second-order valence-electron chi connectivity index (χ2n) is 2.77. The van der Waals surface area contributed by atoms with Crippen molar-refractivity contribution in [1.29, 1.82) is 0 Å². The normalized spacial score (nSPS) is 10.0. The van der Waals surface area contributed by atoms with E-state index in [1.807, 2.05) is 19.2 Å². The Morgan fingerprint density at radius 1 is 1.46 bits per heavy atom. The van der Waals surface area contributed by atoms with Crippen LogP contribution in [0.1, 0.15) is 18.9 Å². The molecule has 2 nitrogen and oxygen atoms in total. The minimum absolute atomic E-state index is 0.908. The van der Waals surface area contributed by atoms with Crippen LogP contribution in [0, 0.1) is 0 Å². The molecule has 0 radical (unpaired) electrons. The highest BCUT2D eigenvalue weighted by Crippen LogP contribution is 2.17. The van der Waals surface area contributed by atoms with E-state index in [9.17, 15) is 0 Å². The standard InChI is InChI=1S/C10H15NOS/c1-3-5-9-6-4-7-10(8-9)12-13-11-2/h4,6-8,11H,3,5H2,1-2H3. The van der Waals surface area contributed by atoms with Gasteiger partial charge in [0, 0.05) is 0 Å². The number of benzene rings is 1. The third-order valence-electron chi connectivity index (χ3n) is 1.66. The molecule has 0 saturated heterocycles. The van der Waals surface area contributed by atoms with Gasteiger partial charge in [0.25, 0.3) is 0 Å². The van der Waals surface area contributed by atoms with Crippen LogP contribution in [0.5, 0.6) is 5.75 Å². The van der Waals surface area contributed by atoms with Crippen LogP contribution in [0.25, 0.3) is 0 Å². The van der Waals surface area contributed by atoms with Gasteiger partial charge in [0.2, 0.25) is 0 Å². The van der Waals surface area contributed by atoms with Crippen molar-refractivity contribution in [2.24, 2.45) is 0 Å². The molecular formula is C10H15NOS. The largest absolute Gasteiger partial charge is 0.410 e. The van der Waals surface area contributed by atoms with Crippen molar-refractivity contribution >= 4 is 12.2 Å². The molecule has 0 saturated carbocycles. The first-order valence-corrected chi connectivity index (χ1v) is 5.20. The van der Waals surface area contributed by atoms with Crippen molar-refractivity contribution in [2.45, 2.75) is 19.8 Å². The van der Waals surface area contributed by atoms with E-state index in [0.29, 0.717) is 0 Å². The lowest BCUT2D eigenvalue weighted by Gasteiger charge is -2.04. The van der Waals surface area contributed by atoms with Crippen LogP contribution in [-0.2, 0) is 6.42 Å². The number of nitrogens with one attached hydrogen (secondary N) is 1. The van der Waals surface area contributed by atoms with Gasteiger partial charge in [0.05, 0.1) is 0 Å². The first-order valence-electron chi connectivity index (χ1n) is 4.46. The van der Waals surface area contributed by atoms with Crippen LogP contribution in [-0.4, -0.2) is 7.05 Å². The predicted octanol–water partition coefficient (Wildman–Crippen LogP) is 2.80. The van der Waals surface area contributed by atoms with Crippen LogP contribution < -0.4 is 8.91 Å². The second-order valence-corrected chi connectivity index (χ2v) is 3.51. The number of aryl methyl sites for hydroxylation is 1. The van der Waals surface area contributed by atoms with Gasteiger partial charge in [0.1, 0.15) is 18.0 Å². The van der Waals surface area contributed by atoms with E-state index < -0.39 is 0 Å². The molecule has 72 valence electrons. The Morgan fingerprint density at radius 3 is 3.00 bits per heavy atom. The molecule has 0 fully saturated rings. The maximum atomic E-state index is 5.35. The van der Waals surface area contributed by atoms with E-state index in [4.69, 9.17) is 4.18 Å². The summed E-state index contributed by atoms with van der Waals surface area (Å²) in [4.78, 5) is 0. The fourth-order valence-corrected chi connectivity index (χ4v) is 1.41. The summed E-state index contributed by atoms with van der Waals surface area (Å²) in [5, 5.41) is 0. The van der Waals surface area contributed by atoms with Gasteiger partial charge in [-0.15, -0.1) is 0 Å². The molecule has 0 aromatic heterocycles. The fourth-order valence-electron chi connectivity index (χ4n) is 1.13. The monoisotopic (exact) mass is 197 g/mol. The maximum absolute atomic E-state index is 5.35. The third kappa shape index (κ3) is 3.70. The topological polar surface area (TPSA) is 21.3 Å². The summed E-state index contributed by atoms with van der Waals surface area (Å²) < 4.78 is 8.21. The molecule has 0 aliphatic heterocycles. The molecule has 0 bridgehead atoms. The van der Waals surface area contributed by atoms with Crippen LogP contribution in [0.15, 0.2) is 24.3 Å². The molecule has 1 aromatic carbocycles. The lowest BCUT2D eigenvalue weighted by molar-refractivity contribution is 0.638. The summed E-state index contributed by atoms with van der Waals surface area (Å²) in [6.45, 7) is 2.18. The Labute approximate surface area is 84.0 Å². The molecule has 0 amide bonds. The summed E-state index contributed by atoms with van der Waals surface area (Å²) in [6.07, 6.45) is 2.28. The van der Waals surface area contributed by atoms with Gasteiger partial charge < -0.3 is 4.18 Å². The molecule has 0 unspecified atom stereocenters. The SMILES string of the molecule is CCCc1cccc(OSNC)c1. The molecule has 0 atom stereocenters. The quantitative estimate of drug-likeness (QED) is 0.579. The number of hydrogen-bond acceptors (Lipinski definition) is 3. The highest BCUT2D eigenvalue weighted by molar-refractivity contribution is 7.93. The molecule has 3 heteroatoms. The van der Waals surface area contributed by atoms with Gasteiger partial charge in [-0.3, -0.25) is 0 Å². The summed E-state index contributed by atoms with van der Waals surface area (Å²) in [5.74, 6) is 0.908. The summed E-state index contributed by atoms with van der Waals surface area (Å²) in [7, 11) is 1.83. The zero-order chi connectivity index (χ0) is 9.52. The number of rotatable bonds is 5. The molecule has 1 aromatic rings. The van der Waals surface area contributed by atoms with Crippen molar-refractivity contribution in [1.82, 2.24) is 4.72 Å². The molecular weight excluding hydrogens is 182 g/mol. The first-order chi connectivity index (χ1) is 6.36. The van der Waals surface area contributed by atoms with E-state index >= 15 is 0 Å². The first kappa shape index (κ1) is 10.4. The fraction of sp³-hybridized carbons (Fsp3) is 0.400. The highest BCUT2D eigenvalue weighted by Gasteiger charge is 1.95. The Morgan fingerprint density at radius 2 is 2.31 bits per heavy atom. The van der Waals surface area contributed by atoms with Gasteiger partial charge in [-0.2, -0.15) is 0 Å². The Kier molecular flexibility index (Phi) is 4.72. The minimum Gasteiger partial charge on any atom is -0.410 e. The predicted molar refractivity (Wildman–Crippen MR) is 57.7 cm³/mol. The molecule has 1 rings (SSSR count). The van der Waals surface area contributed by atoms with Crippen molar-refractivity contribution in [3.8, 4) is 5.75 Å². The van der Waals surface area contributed by atoms with E-state index in [-0.39, 0.29) is 0 Å². The second kappa shape index (κ2) is 5.89. The maximum Gasteiger partial charge on any atom is 0.143 e. The molecule has 0 heterocycles. The number of hydrogen-bond donors (Lipinski definition) is 1. The highest BCUT2D eigenvalue weighted by atomic mass is 32.2. The van der Waals surface area contributed by atoms with Crippen LogP contribution in [0.2, 0.25) is 0 Å². The zero-order valence-electron chi connectivity index (χ0n) is 8.04. The zero-order valence-corrected chi connectivity index (χ0v) is 8.86. The van der Waals surface area contributed by atoms with Gasteiger partial charge in [-0.1, -0.05) is 25.5 Å². The van der Waals surface area contributed by atoms with E-state index in [0.717, 1.165) is 12.2 Å². The average Bonchev–Trinajstić information content (AvgIpc) is 2.16. The smallest absolute Gasteiger partial charge is 0.143 e. The van der Waals surface area contributed by atoms with Crippen LogP contribution in [0.3, 0.4) is 0 Å². The molecule has 0 spiro atoms. The van der Waals surface area contributed by atoms with Crippen molar-refractivity contribution < 1.29 is 4.18 Å². The minimum atomic E-state index is 0.908. The Hall–Kier alpha value is -0.670. The van der Waals surface area contributed by atoms with E-state index in [2.05, 4.69) is 23.8 Å². The van der Waals surface area contributed by atoms with Gasteiger partial charge in [0.15, 0.2) is 0 Å². The van der Waals surface area contributed by atoms with E-state index in [1.54, 1.807) is 0 Å². The van der Waals surface area contributed by atoms with Crippen LogP contribution in [0.4, 0.5) is 0 Å². The Balaban J connectivity index is 2.56. The summed E-state index contributed by atoms with van der Waals surface area (Å²) >= 11 is 1.24. The van der Waals surface area contributed by atoms with Crippen LogP contribution >= 0.6 is 12.2 Å². The molecule has 1 N–H and O–H groups in total.